The molecule has 0 saturated heterocycles. The molecule has 0 unspecified atom stereocenters. The van der Waals surface area contributed by atoms with Crippen LogP contribution in [0.25, 0.3) is 0 Å². The van der Waals surface area contributed by atoms with Crippen molar-refractivity contribution in [3.63, 3.8) is 0 Å². The third-order valence-corrected chi connectivity index (χ3v) is 4.61. The molecule has 9 nitrogen and oxygen atoms in total. The van der Waals surface area contributed by atoms with Crippen LogP contribution in [0.4, 0.5) is 40.8 Å². The number of nitrogens with zero attached hydrogens (tertiary/aromatic N) is 2. The number of ether oxygens (including phenoxy) is 1. The number of urea groups is 1. The Kier molecular flexibility index (Phi) is 6.58. The molecule has 0 atom stereocenters. The number of nitrogens with two attached hydrogens (primary N) is 1. The topological polar surface area (TPSA) is 132 Å². The number of anilines is 3. The highest BCUT2D eigenvalue weighted by atomic mass is 35.5. The van der Waals surface area contributed by atoms with Gasteiger partial charge in [0.25, 0.3) is 0 Å². The molecule has 4 N–H and O–H groups in total. The van der Waals surface area contributed by atoms with Crippen LogP contribution >= 0.6 is 11.6 Å². The van der Waals surface area contributed by atoms with Gasteiger partial charge in [-0.15, -0.1) is 0 Å². The van der Waals surface area contributed by atoms with E-state index in [1.165, 1.54) is 36.5 Å². The van der Waals surface area contributed by atoms with E-state index < -0.39 is 33.4 Å². The molecule has 0 bridgehead atoms. The van der Waals surface area contributed by atoms with Crippen LogP contribution in [0, 0.1) is 17.0 Å². The first kappa shape index (κ1) is 23.6. The molecular formula is C20H15ClF3N5O4. The smallest absolute Gasteiger partial charge is 0.417 e. The minimum Gasteiger partial charge on any atom is -0.450 e. The van der Waals surface area contributed by atoms with Gasteiger partial charge in [0.1, 0.15) is 5.75 Å². The van der Waals surface area contributed by atoms with Crippen molar-refractivity contribution in [2.24, 2.45) is 0 Å². The molecule has 2 amide bonds. The van der Waals surface area contributed by atoms with Gasteiger partial charge in [0.05, 0.1) is 15.5 Å². The first-order chi connectivity index (χ1) is 15.5. The maximum atomic E-state index is 13.0. The number of carbonyl (C=O) groups is 1. The predicted molar refractivity (Wildman–Crippen MR) is 116 cm³/mol. The molecule has 0 aliphatic carbocycles. The average Bonchev–Trinajstić information content (AvgIpc) is 2.70. The summed E-state index contributed by atoms with van der Waals surface area (Å²) in [5.41, 5.74) is 4.67. The largest absolute Gasteiger partial charge is 0.450 e. The Morgan fingerprint density at radius 3 is 2.36 bits per heavy atom. The number of rotatable bonds is 5. The number of nitrogen functional groups attached to an aromatic ring is 1. The Bertz CT molecular complexity index is 1240. The van der Waals surface area contributed by atoms with Crippen LogP contribution in [-0.2, 0) is 6.18 Å². The van der Waals surface area contributed by atoms with Crippen molar-refractivity contribution in [1.29, 1.82) is 0 Å². The van der Waals surface area contributed by atoms with E-state index >= 15 is 0 Å². The lowest BCUT2D eigenvalue weighted by Gasteiger charge is -2.13. The predicted octanol–water partition coefficient (Wildman–Crippen LogP) is 5.99. The van der Waals surface area contributed by atoms with Gasteiger partial charge >= 0.3 is 17.9 Å². The van der Waals surface area contributed by atoms with E-state index in [0.717, 1.165) is 12.1 Å². The summed E-state index contributed by atoms with van der Waals surface area (Å²) in [4.78, 5) is 26.4. The number of carbonyl (C=O) groups excluding carboxylic acids is 1. The van der Waals surface area contributed by atoms with Gasteiger partial charge in [-0.3, -0.25) is 10.1 Å². The molecule has 0 saturated carbocycles. The molecule has 3 rings (SSSR count). The minimum atomic E-state index is -4.67. The lowest BCUT2D eigenvalue weighted by atomic mass is 10.2. The van der Waals surface area contributed by atoms with Crippen molar-refractivity contribution in [1.82, 2.24) is 4.98 Å². The van der Waals surface area contributed by atoms with E-state index in [1.54, 1.807) is 6.92 Å². The van der Waals surface area contributed by atoms with Gasteiger partial charge in [-0.05, 0) is 48.9 Å². The lowest BCUT2D eigenvalue weighted by Crippen LogP contribution is -2.20. The number of aromatic nitrogens is 1. The zero-order valence-electron chi connectivity index (χ0n) is 16.7. The van der Waals surface area contributed by atoms with Crippen LogP contribution in [0.5, 0.6) is 11.5 Å². The van der Waals surface area contributed by atoms with Crippen molar-refractivity contribution in [2.45, 2.75) is 13.1 Å². The Morgan fingerprint density at radius 1 is 1.12 bits per heavy atom. The van der Waals surface area contributed by atoms with E-state index in [0.29, 0.717) is 11.3 Å². The number of amides is 2. The van der Waals surface area contributed by atoms with Gasteiger partial charge < -0.3 is 21.1 Å². The highest BCUT2D eigenvalue weighted by Gasteiger charge is 2.33. The van der Waals surface area contributed by atoms with Crippen LogP contribution in [0.15, 0.2) is 48.7 Å². The summed E-state index contributed by atoms with van der Waals surface area (Å²) in [5, 5.41) is 15.5. The second-order valence-electron chi connectivity index (χ2n) is 6.65. The number of benzene rings is 2. The summed E-state index contributed by atoms with van der Waals surface area (Å²) in [6.07, 6.45) is -3.42. The van der Waals surface area contributed by atoms with Gasteiger partial charge in [0, 0.05) is 23.6 Å². The minimum absolute atomic E-state index is 0.108. The standard InChI is InChI=1S/C20H15ClF3N5O4/c1-10-8-11(3-5-15(10)33-16-6-7-26-18(25)17(16)29(31)32)27-19(30)28-12-2-4-14(21)13(9-12)20(22,23)24/h2-9H,1H3,(H2,25,26)(H2,27,28,30). The summed E-state index contributed by atoms with van der Waals surface area (Å²) >= 11 is 5.57. The molecule has 1 heterocycles. The molecular weight excluding hydrogens is 467 g/mol. The van der Waals surface area contributed by atoms with Crippen LogP contribution < -0.4 is 21.1 Å². The molecule has 0 spiro atoms. The monoisotopic (exact) mass is 481 g/mol. The molecule has 0 aliphatic rings. The number of hydrogen-bond donors (Lipinski definition) is 3. The van der Waals surface area contributed by atoms with Gasteiger partial charge in [0.15, 0.2) is 0 Å². The second-order valence-corrected chi connectivity index (χ2v) is 7.06. The first-order valence-electron chi connectivity index (χ1n) is 9.08. The van der Waals surface area contributed by atoms with Crippen LogP contribution in [0.2, 0.25) is 5.02 Å². The number of halogens is 4. The summed E-state index contributed by atoms with van der Waals surface area (Å²) in [6.45, 7) is 1.63. The summed E-state index contributed by atoms with van der Waals surface area (Å²) in [5.74, 6) is -0.166. The van der Waals surface area contributed by atoms with E-state index in [9.17, 15) is 28.1 Å². The number of aryl methyl sites for hydroxylation is 1. The molecule has 0 fully saturated rings. The average molecular weight is 482 g/mol. The van der Waals surface area contributed by atoms with Crippen LogP contribution in [-0.4, -0.2) is 15.9 Å². The normalized spacial score (nSPS) is 11.1. The Hall–Kier alpha value is -4.06. The number of hydrogen-bond acceptors (Lipinski definition) is 6. The van der Waals surface area contributed by atoms with E-state index in [4.69, 9.17) is 22.1 Å². The zero-order chi connectivity index (χ0) is 24.3. The maximum absolute atomic E-state index is 13.0. The van der Waals surface area contributed by atoms with Crippen molar-refractivity contribution < 1.29 is 27.6 Å². The molecule has 1 aromatic heterocycles. The van der Waals surface area contributed by atoms with Crippen molar-refractivity contribution in [2.75, 3.05) is 16.4 Å². The lowest BCUT2D eigenvalue weighted by molar-refractivity contribution is -0.384. The Balaban J connectivity index is 1.73. The third-order valence-electron chi connectivity index (χ3n) is 4.28. The number of alkyl halides is 3. The van der Waals surface area contributed by atoms with Gasteiger partial charge in [-0.2, -0.15) is 13.2 Å². The summed E-state index contributed by atoms with van der Waals surface area (Å²) in [7, 11) is 0. The number of nitrogens with one attached hydrogen (secondary N) is 2. The van der Waals surface area contributed by atoms with Crippen molar-refractivity contribution in [3.8, 4) is 11.5 Å². The third kappa shape index (κ3) is 5.60. The second kappa shape index (κ2) is 9.20. The fraction of sp³-hybridized carbons (Fsp3) is 0.100. The molecule has 0 aliphatic heterocycles. The highest BCUT2D eigenvalue weighted by molar-refractivity contribution is 6.31. The van der Waals surface area contributed by atoms with Gasteiger partial charge in [0.2, 0.25) is 11.6 Å². The van der Waals surface area contributed by atoms with Crippen LogP contribution in [0.1, 0.15) is 11.1 Å². The zero-order valence-corrected chi connectivity index (χ0v) is 17.5. The van der Waals surface area contributed by atoms with Crippen molar-refractivity contribution >= 4 is 40.5 Å². The fourth-order valence-electron chi connectivity index (χ4n) is 2.79. The molecule has 172 valence electrons. The molecule has 3 aromatic rings. The van der Waals surface area contributed by atoms with E-state index in [2.05, 4.69) is 15.6 Å². The number of nitro groups is 1. The van der Waals surface area contributed by atoms with E-state index in [-0.39, 0.29) is 23.0 Å². The van der Waals surface area contributed by atoms with E-state index in [1.807, 2.05) is 0 Å². The van der Waals surface area contributed by atoms with Gasteiger partial charge in [-0.25, -0.2) is 9.78 Å². The SMILES string of the molecule is Cc1cc(NC(=O)Nc2ccc(Cl)c(C(F)(F)F)c2)ccc1Oc1ccnc(N)c1[N+](=O)[O-]. The quantitative estimate of drug-likeness (QED) is 0.303. The highest BCUT2D eigenvalue weighted by Crippen LogP contribution is 2.37. The van der Waals surface area contributed by atoms with Crippen LogP contribution in [0.3, 0.4) is 0 Å². The number of pyridine rings is 1. The first-order valence-corrected chi connectivity index (χ1v) is 9.45. The molecule has 33 heavy (non-hydrogen) atoms. The Morgan fingerprint density at radius 2 is 1.76 bits per heavy atom. The molecule has 2 aromatic carbocycles. The maximum Gasteiger partial charge on any atom is 0.417 e. The summed E-state index contributed by atoms with van der Waals surface area (Å²) < 4.78 is 44.5. The summed E-state index contributed by atoms with van der Waals surface area (Å²) in [6, 6.07) is 7.88. The molecule has 0 radical (unpaired) electrons. The van der Waals surface area contributed by atoms with Crippen molar-refractivity contribution in [3.05, 3.63) is 74.9 Å². The van der Waals surface area contributed by atoms with Gasteiger partial charge in [-0.1, -0.05) is 11.6 Å². The fourth-order valence-corrected chi connectivity index (χ4v) is 3.02. The molecule has 13 heteroatoms. The Labute approximate surface area is 189 Å².